The maximum Gasteiger partial charge on any atom is 0.119 e. The molecule has 1 N–H and O–H groups in total. The Morgan fingerprint density at radius 2 is 1.17 bits per heavy atom. The number of hydrogen-bond acceptors (Lipinski definition) is 1. The van der Waals surface area contributed by atoms with Crippen LogP contribution in [0.4, 0.5) is 0 Å². The zero-order valence-corrected chi connectivity index (χ0v) is 12.7. The van der Waals surface area contributed by atoms with E-state index >= 15 is 0 Å². The normalized spacial score (nSPS) is 6.17. The van der Waals surface area contributed by atoms with Crippen LogP contribution < -0.4 is 0 Å². The number of benzene rings is 1. The molecule has 1 aromatic carbocycles. The van der Waals surface area contributed by atoms with Gasteiger partial charge in [0.25, 0.3) is 0 Å². The Hall–Kier alpha value is -4.06. The van der Waals surface area contributed by atoms with Gasteiger partial charge in [-0.1, -0.05) is 17.9 Å². The highest BCUT2D eigenvalue weighted by molar-refractivity contribution is 5.50. The second-order valence-corrected chi connectivity index (χ2v) is 3.82. The van der Waals surface area contributed by atoms with Crippen molar-refractivity contribution in [3.05, 3.63) is 29.3 Å². The van der Waals surface area contributed by atoms with Gasteiger partial charge in [-0.25, -0.2) is 0 Å². The maximum absolute atomic E-state index is 9.54. The van der Waals surface area contributed by atoms with Crippen LogP contribution in [0.5, 0.6) is 5.75 Å². The van der Waals surface area contributed by atoms with Crippen molar-refractivity contribution in [2.24, 2.45) is 0 Å². The summed E-state index contributed by atoms with van der Waals surface area (Å²) in [6.45, 7) is 3.50. The minimum atomic E-state index is 0.215. The molecule has 1 aromatic rings. The van der Waals surface area contributed by atoms with Gasteiger partial charge in [0, 0.05) is 11.1 Å². The molecule has 0 fully saturated rings. The van der Waals surface area contributed by atoms with E-state index in [9.17, 15) is 5.11 Å². The molecule has 1 heteroatoms. The molecule has 0 aliphatic carbocycles. The predicted octanol–water partition coefficient (Wildman–Crippen LogP) is 2.09. The zero-order chi connectivity index (χ0) is 16.8. The zero-order valence-electron chi connectivity index (χ0n) is 12.7. The van der Waals surface area contributed by atoms with Crippen LogP contribution in [0.25, 0.3) is 0 Å². The molecular weight excluding hydrogens is 280 g/mol. The summed E-state index contributed by atoms with van der Waals surface area (Å²) in [6.07, 6.45) is 0. The largest absolute Gasteiger partial charge is 0.508 e. The summed E-state index contributed by atoms with van der Waals surface area (Å²) in [5.41, 5.74) is 1.46. The molecule has 1 rings (SSSR count). The lowest BCUT2D eigenvalue weighted by atomic mass is 10.1. The maximum atomic E-state index is 9.54. The topological polar surface area (TPSA) is 20.2 Å². The van der Waals surface area contributed by atoms with E-state index in [0.29, 0.717) is 0 Å². The van der Waals surface area contributed by atoms with Gasteiger partial charge in [0.15, 0.2) is 0 Å². The summed E-state index contributed by atoms with van der Waals surface area (Å²) in [4.78, 5) is 0. The third kappa shape index (κ3) is 7.33. The molecule has 0 aromatic heterocycles. The molecule has 104 valence electrons. The molecule has 0 amide bonds. The van der Waals surface area contributed by atoms with Crippen molar-refractivity contribution in [2.45, 2.75) is 13.8 Å². The van der Waals surface area contributed by atoms with Gasteiger partial charge < -0.3 is 5.11 Å². The minimum absolute atomic E-state index is 0.215. The Morgan fingerprint density at radius 1 is 0.696 bits per heavy atom. The number of hydrogen-bond donors (Lipinski definition) is 1. The Balaban J connectivity index is 2.62. The molecule has 0 saturated heterocycles. The Bertz CT molecular complexity index is 1020. The first-order chi connectivity index (χ1) is 11.3. The molecule has 0 aliphatic rings. The van der Waals surface area contributed by atoms with Crippen LogP contribution in [0, 0.1) is 89.8 Å². The molecule has 0 bridgehead atoms. The molecular formula is C22H10O. The smallest absolute Gasteiger partial charge is 0.119 e. The highest BCUT2D eigenvalue weighted by Crippen LogP contribution is 2.18. The van der Waals surface area contributed by atoms with Crippen molar-refractivity contribution in [3.8, 4) is 88.6 Å². The third-order valence-corrected chi connectivity index (χ3v) is 2.31. The van der Waals surface area contributed by atoms with Crippen molar-refractivity contribution < 1.29 is 5.11 Å². The summed E-state index contributed by atoms with van der Waals surface area (Å²) in [5, 5.41) is 9.54. The first kappa shape index (κ1) is 17.0. The van der Waals surface area contributed by atoms with Crippen LogP contribution in [0.15, 0.2) is 18.2 Å². The van der Waals surface area contributed by atoms with E-state index in [1.807, 2.05) is 6.07 Å². The lowest BCUT2D eigenvalue weighted by molar-refractivity contribution is 0.471. The number of aromatic hydroxyl groups is 1. The third-order valence-electron chi connectivity index (χ3n) is 2.31. The van der Waals surface area contributed by atoms with Crippen LogP contribution >= 0.6 is 0 Å². The van der Waals surface area contributed by atoms with Gasteiger partial charge >= 0.3 is 0 Å². The second-order valence-electron chi connectivity index (χ2n) is 3.82. The molecule has 23 heavy (non-hydrogen) atoms. The van der Waals surface area contributed by atoms with Gasteiger partial charge in [-0.2, -0.15) is 0 Å². The molecule has 0 saturated carbocycles. The standard InChI is InChI=1S/C22H10O/c1-3-4-5-6-7-8-9-10-11-12-13-14-15-17-21-18-16-19-22(23)20(21)2/h16,18-19,23H,1-2H3. The van der Waals surface area contributed by atoms with Crippen LogP contribution in [-0.4, -0.2) is 5.11 Å². The highest BCUT2D eigenvalue weighted by atomic mass is 16.3. The average Bonchev–Trinajstić information content (AvgIpc) is 2.55. The van der Waals surface area contributed by atoms with Gasteiger partial charge in [-0.05, 0) is 97.0 Å². The van der Waals surface area contributed by atoms with Gasteiger partial charge in [0.05, 0.1) is 0 Å². The summed E-state index contributed by atoms with van der Waals surface area (Å²) in [5.74, 6) is 36.3. The number of phenolic OH excluding ortho intramolecular Hbond substituents is 1. The van der Waals surface area contributed by atoms with Crippen molar-refractivity contribution in [3.63, 3.8) is 0 Å². The summed E-state index contributed by atoms with van der Waals surface area (Å²) in [6, 6.07) is 5.16. The Labute approximate surface area is 137 Å². The first-order valence-corrected chi connectivity index (χ1v) is 6.47. The fourth-order valence-corrected chi connectivity index (χ4v) is 1.23. The van der Waals surface area contributed by atoms with Crippen molar-refractivity contribution in [1.29, 1.82) is 0 Å². The van der Waals surface area contributed by atoms with Crippen LogP contribution in [0.1, 0.15) is 18.1 Å². The second kappa shape index (κ2) is 10.7. The molecule has 1 nitrogen and oxygen atoms in total. The minimum Gasteiger partial charge on any atom is -0.508 e. The number of rotatable bonds is 0. The SMILES string of the molecule is CC#CC#CC#CC#CC#CC#CC#Cc1cccc(O)c1C. The van der Waals surface area contributed by atoms with Crippen LogP contribution in [-0.2, 0) is 0 Å². The van der Waals surface area contributed by atoms with Crippen LogP contribution in [0.2, 0.25) is 0 Å². The molecule has 0 radical (unpaired) electrons. The first-order valence-electron chi connectivity index (χ1n) is 6.47. The summed E-state index contributed by atoms with van der Waals surface area (Å²) >= 11 is 0. The predicted molar refractivity (Wildman–Crippen MR) is 92.1 cm³/mol. The molecule has 0 heterocycles. The van der Waals surface area contributed by atoms with Gasteiger partial charge in [0.1, 0.15) is 5.75 Å². The van der Waals surface area contributed by atoms with Crippen molar-refractivity contribution in [2.75, 3.05) is 0 Å². The van der Waals surface area contributed by atoms with Crippen molar-refractivity contribution >= 4 is 0 Å². The van der Waals surface area contributed by atoms with Gasteiger partial charge in [0.2, 0.25) is 0 Å². The fraction of sp³-hybridized carbons (Fsp3) is 0.0909. The monoisotopic (exact) mass is 290 g/mol. The van der Waals surface area contributed by atoms with Gasteiger partial charge in [-0.15, -0.1) is 0 Å². The Morgan fingerprint density at radius 3 is 1.70 bits per heavy atom. The fourth-order valence-electron chi connectivity index (χ4n) is 1.23. The Kier molecular flexibility index (Phi) is 7.90. The molecule has 0 aliphatic heterocycles. The lowest BCUT2D eigenvalue weighted by Crippen LogP contribution is -1.81. The van der Waals surface area contributed by atoms with E-state index in [4.69, 9.17) is 0 Å². The van der Waals surface area contributed by atoms with E-state index in [2.05, 4.69) is 82.9 Å². The average molecular weight is 290 g/mol. The summed E-state index contributed by atoms with van der Waals surface area (Å²) in [7, 11) is 0. The number of phenols is 1. The van der Waals surface area contributed by atoms with Crippen molar-refractivity contribution in [1.82, 2.24) is 0 Å². The van der Waals surface area contributed by atoms with E-state index < -0.39 is 0 Å². The quantitative estimate of drug-likeness (QED) is 0.726. The van der Waals surface area contributed by atoms with Crippen LogP contribution in [0.3, 0.4) is 0 Å². The molecule has 0 unspecified atom stereocenters. The van der Waals surface area contributed by atoms with E-state index in [1.54, 1.807) is 26.0 Å². The lowest BCUT2D eigenvalue weighted by Gasteiger charge is -1.98. The van der Waals surface area contributed by atoms with E-state index in [1.165, 1.54) is 0 Å². The molecule has 0 spiro atoms. The van der Waals surface area contributed by atoms with Gasteiger partial charge in [-0.3, -0.25) is 0 Å². The van der Waals surface area contributed by atoms with E-state index in [-0.39, 0.29) is 5.75 Å². The summed E-state index contributed by atoms with van der Waals surface area (Å²) < 4.78 is 0. The highest BCUT2D eigenvalue weighted by Gasteiger charge is 1.97. The van der Waals surface area contributed by atoms with E-state index in [0.717, 1.165) is 11.1 Å². The molecule has 0 atom stereocenters.